The lowest BCUT2D eigenvalue weighted by molar-refractivity contribution is -0.122. The van der Waals surface area contributed by atoms with Crippen molar-refractivity contribution in [2.45, 2.75) is 19.0 Å². The summed E-state index contributed by atoms with van der Waals surface area (Å²) in [5, 5.41) is 4.70. The van der Waals surface area contributed by atoms with Crippen LogP contribution in [0.3, 0.4) is 0 Å². The number of hydrogen-bond acceptors (Lipinski definition) is 4. The number of methoxy groups -OCH3 is 1. The molecule has 2 heterocycles. The molecule has 0 saturated carbocycles. The Kier molecular flexibility index (Phi) is 4.66. The number of rotatable bonds is 3. The molecule has 0 unspecified atom stereocenters. The largest absolute Gasteiger partial charge is 0.497 e. The molecule has 2 aliphatic heterocycles. The second-order valence-corrected chi connectivity index (χ2v) is 7.27. The second-order valence-electron chi connectivity index (χ2n) is 7.27. The fourth-order valence-electron chi connectivity index (χ4n) is 3.60. The smallest absolute Gasteiger partial charge is 0.323 e. The van der Waals surface area contributed by atoms with E-state index in [9.17, 15) is 18.8 Å². The standard InChI is InChI=1S/C22H18FN3O4/c1-13-7-14(9-16(23)8-13)5-6-22(20(28)24-21(29)25-22)12-26-11-15-3-4-17(30-2)10-18(15)19(26)27/h3-4,7-10H,11-12H2,1-2H3,(H2,24,25,28,29)/t22-/m1/s1. The third-order valence-corrected chi connectivity index (χ3v) is 5.03. The molecule has 4 rings (SSSR count). The van der Waals surface area contributed by atoms with E-state index < -0.39 is 23.3 Å². The highest BCUT2D eigenvalue weighted by Crippen LogP contribution is 2.28. The predicted molar refractivity (Wildman–Crippen MR) is 105 cm³/mol. The van der Waals surface area contributed by atoms with Gasteiger partial charge in [0.25, 0.3) is 11.8 Å². The van der Waals surface area contributed by atoms with Crippen LogP contribution < -0.4 is 15.4 Å². The van der Waals surface area contributed by atoms with Crippen molar-refractivity contribution in [3.05, 3.63) is 64.5 Å². The number of hydrogen-bond donors (Lipinski definition) is 2. The number of carbonyl (C=O) groups excluding carboxylic acids is 3. The molecule has 1 fully saturated rings. The van der Waals surface area contributed by atoms with Crippen LogP contribution in [-0.4, -0.2) is 41.9 Å². The molecular weight excluding hydrogens is 389 g/mol. The Balaban J connectivity index is 1.66. The fourth-order valence-corrected chi connectivity index (χ4v) is 3.60. The molecule has 7 nitrogen and oxygen atoms in total. The summed E-state index contributed by atoms with van der Waals surface area (Å²) >= 11 is 0. The lowest BCUT2D eigenvalue weighted by Gasteiger charge is -2.26. The molecule has 0 aromatic heterocycles. The first kappa shape index (κ1) is 19.5. The van der Waals surface area contributed by atoms with Gasteiger partial charge in [0.15, 0.2) is 0 Å². The molecule has 152 valence electrons. The van der Waals surface area contributed by atoms with Gasteiger partial charge in [-0.3, -0.25) is 14.9 Å². The summed E-state index contributed by atoms with van der Waals surface area (Å²) < 4.78 is 18.8. The first-order valence-electron chi connectivity index (χ1n) is 9.20. The lowest BCUT2D eigenvalue weighted by Crippen LogP contribution is -2.54. The highest BCUT2D eigenvalue weighted by Gasteiger charge is 2.48. The van der Waals surface area contributed by atoms with Crippen LogP contribution >= 0.6 is 0 Å². The molecular formula is C22H18FN3O4. The lowest BCUT2D eigenvalue weighted by atomic mass is 9.98. The van der Waals surface area contributed by atoms with Crippen molar-refractivity contribution in [3.63, 3.8) is 0 Å². The van der Waals surface area contributed by atoms with E-state index in [0.29, 0.717) is 22.4 Å². The van der Waals surface area contributed by atoms with Crippen molar-refractivity contribution in [2.75, 3.05) is 13.7 Å². The van der Waals surface area contributed by atoms with Crippen LogP contribution in [0.15, 0.2) is 36.4 Å². The van der Waals surface area contributed by atoms with Crippen molar-refractivity contribution in [1.82, 2.24) is 15.5 Å². The van der Waals surface area contributed by atoms with E-state index in [0.717, 1.165) is 5.56 Å². The van der Waals surface area contributed by atoms with Gasteiger partial charge in [-0.25, -0.2) is 9.18 Å². The molecule has 2 N–H and O–H groups in total. The minimum absolute atomic E-state index is 0.151. The van der Waals surface area contributed by atoms with Crippen molar-refractivity contribution in [2.24, 2.45) is 0 Å². The van der Waals surface area contributed by atoms with Crippen LogP contribution in [0.2, 0.25) is 0 Å². The van der Waals surface area contributed by atoms with E-state index in [2.05, 4.69) is 22.5 Å². The van der Waals surface area contributed by atoms with Gasteiger partial charge in [0, 0.05) is 17.7 Å². The maximum atomic E-state index is 13.7. The van der Waals surface area contributed by atoms with Gasteiger partial charge < -0.3 is 15.0 Å². The molecule has 4 amide bonds. The quantitative estimate of drug-likeness (QED) is 0.599. The number of halogens is 1. The number of ether oxygens (including phenoxy) is 1. The Bertz CT molecular complexity index is 1130. The summed E-state index contributed by atoms with van der Waals surface area (Å²) in [7, 11) is 1.51. The van der Waals surface area contributed by atoms with Gasteiger partial charge in [-0.05, 0) is 48.4 Å². The number of amides is 4. The number of urea groups is 1. The minimum atomic E-state index is -1.64. The number of fused-ring (bicyclic) bond motifs is 1. The zero-order valence-electron chi connectivity index (χ0n) is 16.3. The van der Waals surface area contributed by atoms with Gasteiger partial charge >= 0.3 is 6.03 Å². The van der Waals surface area contributed by atoms with Crippen molar-refractivity contribution >= 4 is 17.8 Å². The summed E-state index contributed by atoms with van der Waals surface area (Å²) in [6.07, 6.45) is 0. The van der Waals surface area contributed by atoms with Gasteiger partial charge in [-0.2, -0.15) is 0 Å². The maximum Gasteiger partial charge on any atom is 0.323 e. The van der Waals surface area contributed by atoms with Crippen LogP contribution in [0, 0.1) is 24.6 Å². The van der Waals surface area contributed by atoms with Crippen molar-refractivity contribution in [1.29, 1.82) is 0 Å². The molecule has 30 heavy (non-hydrogen) atoms. The number of nitrogens with one attached hydrogen (secondary N) is 2. The number of carbonyl (C=O) groups is 3. The van der Waals surface area contributed by atoms with E-state index in [1.54, 1.807) is 31.2 Å². The SMILES string of the molecule is COc1ccc2c(c1)C(=O)N(C[C@@]1(C#Cc3cc(C)cc(F)c3)NC(=O)NC1=O)C2. The highest BCUT2D eigenvalue weighted by atomic mass is 19.1. The highest BCUT2D eigenvalue weighted by molar-refractivity contribution is 6.10. The maximum absolute atomic E-state index is 13.7. The van der Waals surface area contributed by atoms with Crippen LogP contribution in [0.1, 0.15) is 27.0 Å². The minimum Gasteiger partial charge on any atom is -0.497 e. The Labute approximate surface area is 172 Å². The normalized spacial score (nSPS) is 19.7. The second kappa shape index (κ2) is 7.19. The Morgan fingerprint density at radius 3 is 2.67 bits per heavy atom. The predicted octanol–water partition coefficient (Wildman–Crippen LogP) is 1.73. The zero-order chi connectivity index (χ0) is 21.5. The molecule has 8 heteroatoms. The van der Waals surface area contributed by atoms with Crippen molar-refractivity contribution < 1.29 is 23.5 Å². The monoisotopic (exact) mass is 407 g/mol. The van der Waals surface area contributed by atoms with E-state index in [1.165, 1.54) is 24.1 Å². The topological polar surface area (TPSA) is 87.7 Å². The first-order valence-corrected chi connectivity index (χ1v) is 9.20. The molecule has 0 bridgehead atoms. The van der Waals surface area contributed by atoms with Crippen LogP contribution in [0.4, 0.5) is 9.18 Å². The van der Waals surface area contributed by atoms with Gasteiger partial charge in [-0.1, -0.05) is 17.9 Å². The summed E-state index contributed by atoms with van der Waals surface area (Å²) in [4.78, 5) is 38.8. The number of nitrogens with zero attached hydrogens (tertiary/aromatic N) is 1. The van der Waals surface area contributed by atoms with Gasteiger partial charge in [0.05, 0.1) is 13.7 Å². The van der Waals surface area contributed by atoms with Gasteiger partial charge in [0.1, 0.15) is 11.6 Å². The third-order valence-electron chi connectivity index (χ3n) is 5.03. The van der Waals surface area contributed by atoms with Gasteiger partial charge in [-0.15, -0.1) is 0 Å². The fraction of sp³-hybridized carbons (Fsp3) is 0.227. The number of imide groups is 1. The molecule has 2 aromatic carbocycles. The van der Waals surface area contributed by atoms with E-state index >= 15 is 0 Å². The average Bonchev–Trinajstić information content (AvgIpc) is 3.15. The molecule has 1 saturated heterocycles. The summed E-state index contributed by atoms with van der Waals surface area (Å²) in [6.45, 7) is 1.84. The van der Waals surface area contributed by atoms with E-state index in [-0.39, 0.29) is 19.0 Å². The average molecular weight is 407 g/mol. The van der Waals surface area contributed by atoms with E-state index in [1.807, 2.05) is 0 Å². The van der Waals surface area contributed by atoms with Gasteiger partial charge in [0.2, 0.25) is 5.54 Å². The Morgan fingerprint density at radius 1 is 1.20 bits per heavy atom. The molecule has 0 radical (unpaired) electrons. The van der Waals surface area contributed by atoms with E-state index in [4.69, 9.17) is 4.74 Å². The summed E-state index contributed by atoms with van der Waals surface area (Å²) in [5.41, 5.74) is 0.658. The third kappa shape index (κ3) is 3.46. The molecule has 1 atom stereocenters. The van der Waals surface area contributed by atoms with Crippen LogP contribution in [-0.2, 0) is 11.3 Å². The molecule has 0 aliphatic carbocycles. The van der Waals surface area contributed by atoms with Crippen LogP contribution in [0.5, 0.6) is 5.75 Å². The number of benzene rings is 2. The molecule has 2 aliphatic rings. The Hall–Kier alpha value is -3.86. The molecule has 2 aromatic rings. The number of aryl methyl sites for hydroxylation is 1. The van der Waals surface area contributed by atoms with Crippen molar-refractivity contribution in [3.8, 4) is 17.6 Å². The van der Waals surface area contributed by atoms with Crippen LogP contribution in [0.25, 0.3) is 0 Å². The zero-order valence-corrected chi connectivity index (χ0v) is 16.3. The Morgan fingerprint density at radius 2 is 2.00 bits per heavy atom. The summed E-state index contributed by atoms with van der Waals surface area (Å²) in [5.74, 6) is 4.68. The molecule has 0 spiro atoms. The summed E-state index contributed by atoms with van der Waals surface area (Å²) in [6, 6.07) is 8.75. The first-order chi connectivity index (χ1) is 14.3.